The van der Waals surface area contributed by atoms with Gasteiger partial charge in [0.15, 0.2) is 0 Å². The Hall–Kier alpha value is -1.92. The van der Waals surface area contributed by atoms with Crippen molar-refractivity contribution in [3.63, 3.8) is 0 Å². The Bertz CT molecular complexity index is 530. The molecule has 0 spiro atoms. The molecule has 140 valence electrons. The minimum absolute atomic E-state index is 0.226. The number of ether oxygens (including phenoxy) is 1. The number of hydrogen-bond acceptors (Lipinski definition) is 5. The monoisotopic (exact) mass is 351 g/mol. The Balaban J connectivity index is 2.09. The van der Waals surface area contributed by atoms with Crippen molar-refractivity contribution in [3.8, 4) is 0 Å². The van der Waals surface area contributed by atoms with Crippen molar-refractivity contribution in [2.75, 3.05) is 19.8 Å². The molecule has 0 aliphatic carbocycles. The summed E-state index contributed by atoms with van der Waals surface area (Å²) in [5.74, 6) is -0.781. The maximum Gasteiger partial charge on any atom is 0.305 e. The van der Waals surface area contributed by atoms with Gasteiger partial charge in [0.05, 0.1) is 13.2 Å². The number of rotatable bonds is 11. The van der Waals surface area contributed by atoms with Gasteiger partial charge in [-0.05, 0) is 24.8 Å². The lowest BCUT2D eigenvalue weighted by Gasteiger charge is -2.27. The highest BCUT2D eigenvalue weighted by molar-refractivity contribution is 5.81. The molecule has 1 unspecified atom stereocenters. The van der Waals surface area contributed by atoms with Crippen molar-refractivity contribution in [1.29, 1.82) is 0 Å². The summed E-state index contributed by atoms with van der Waals surface area (Å²) in [6.07, 6.45) is 1.14. The number of aryl methyl sites for hydroxylation is 1. The summed E-state index contributed by atoms with van der Waals surface area (Å²) in [6, 6.07) is 9.96. The van der Waals surface area contributed by atoms with Crippen LogP contribution in [-0.4, -0.2) is 48.0 Å². The lowest BCUT2D eigenvalue weighted by Crippen LogP contribution is -2.45. The van der Waals surface area contributed by atoms with Gasteiger partial charge in [0.25, 0.3) is 0 Å². The van der Waals surface area contributed by atoms with Crippen LogP contribution in [0.15, 0.2) is 30.3 Å². The molecule has 6 heteroatoms. The number of esters is 1. The third-order valence-electron chi connectivity index (χ3n) is 3.97. The Morgan fingerprint density at radius 1 is 1.20 bits per heavy atom. The summed E-state index contributed by atoms with van der Waals surface area (Å²) in [5, 5.41) is 21.5. The Labute approximate surface area is 149 Å². The Kier molecular flexibility index (Phi) is 9.16. The number of hydrogen-bond donors (Lipinski definition) is 3. The van der Waals surface area contributed by atoms with E-state index in [1.54, 1.807) is 13.8 Å². The zero-order valence-electron chi connectivity index (χ0n) is 15.0. The molecule has 0 aliphatic rings. The van der Waals surface area contributed by atoms with Crippen molar-refractivity contribution in [2.45, 2.75) is 45.6 Å². The molecule has 3 N–H and O–H groups in total. The first kappa shape index (κ1) is 21.1. The van der Waals surface area contributed by atoms with Crippen LogP contribution in [0.2, 0.25) is 0 Å². The molecule has 0 aliphatic heterocycles. The second-order valence-corrected chi connectivity index (χ2v) is 6.75. The van der Waals surface area contributed by atoms with Gasteiger partial charge in [-0.25, -0.2) is 0 Å². The summed E-state index contributed by atoms with van der Waals surface area (Å²) < 4.78 is 5.12. The lowest BCUT2D eigenvalue weighted by molar-refractivity contribution is -0.143. The largest absolute Gasteiger partial charge is 0.466 e. The fraction of sp³-hybridized carbons (Fsp3) is 0.579. The predicted molar refractivity (Wildman–Crippen MR) is 94.8 cm³/mol. The molecule has 1 amide bonds. The smallest absolute Gasteiger partial charge is 0.305 e. The normalized spacial score (nSPS) is 12.5. The third-order valence-corrected chi connectivity index (χ3v) is 3.97. The lowest BCUT2D eigenvalue weighted by atomic mass is 9.87. The van der Waals surface area contributed by atoms with Gasteiger partial charge < -0.3 is 20.3 Å². The Morgan fingerprint density at radius 2 is 1.88 bits per heavy atom. The van der Waals surface area contributed by atoms with Gasteiger partial charge >= 0.3 is 5.97 Å². The molecular weight excluding hydrogens is 322 g/mol. The van der Waals surface area contributed by atoms with Crippen LogP contribution < -0.4 is 5.32 Å². The minimum atomic E-state index is -1.28. The van der Waals surface area contributed by atoms with Crippen molar-refractivity contribution >= 4 is 11.9 Å². The first-order valence-electron chi connectivity index (χ1n) is 8.63. The molecule has 0 saturated carbocycles. The van der Waals surface area contributed by atoms with Gasteiger partial charge in [-0.15, -0.1) is 0 Å². The summed E-state index contributed by atoms with van der Waals surface area (Å²) in [4.78, 5) is 23.4. The summed E-state index contributed by atoms with van der Waals surface area (Å²) in [6.45, 7) is 3.45. The Morgan fingerprint density at radius 3 is 2.52 bits per heavy atom. The maximum atomic E-state index is 11.7. The quantitative estimate of drug-likeness (QED) is 0.414. The molecule has 0 heterocycles. The van der Waals surface area contributed by atoms with E-state index >= 15 is 0 Å². The van der Waals surface area contributed by atoms with Crippen molar-refractivity contribution in [1.82, 2.24) is 5.32 Å². The number of carbonyl (C=O) groups excluding carboxylic acids is 2. The molecule has 1 aromatic rings. The molecule has 1 atom stereocenters. The molecule has 0 aromatic heterocycles. The molecule has 0 fully saturated rings. The van der Waals surface area contributed by atoms with Gasteiger partial charge in [0.2, 0.25) is 5.91 Å². The topological polar surface area (TPSA) is 95.9 Å². The number of benzene rings is 1. The second-order valence-electron chi connectivity index (χ2n) is 6.75. The number of aliphatic hydroxyl groups excluding tert-OH is 2. The highest BCUT2D eigenvalue weighted by atomic mass is 16.5. The highest BCUT2D eigenvalue weighted by Crippen LogP contribution is 2.19. The van der Waals surface area contributed by atoms with Gasteiger partial charge in [-0.2, -0.15) is 0 Å². The van der Waals surface area contributed by atoms with Crippen LogP contribution in [0.5, 0.6) is 0 Å². The van der Waals surface area contributed by atoms with Gasteiger partial charge in [-0.3, -0.25) is 9.59 Å². The maximum absolute atomic E-state index is 11.7. The zero-order chi connectivity index (χ0) is 18.7. The second kappa shape index (κ2) is 10.8. The molecule has 0 saturated heterocycles. The zero-order valence-corrected chi connectivity index (χ0v) is 15.0. The fourth-order valence-electron chi connectivity index (χ4n) is 2.16. The van der Waals surface area contributed by atoms with E-state index in [1.807, 2.05) is 30.3 Å². The highest BCUT2D eigenvalue weighted by Gasteiger charge is 2.32. The standard InChI is InChI=1S/C19H29NO5/c1-19(2,14-21)17(23)18(24)20-12-7-13-25-16(22)11-6-10-15-8-4-3-5-9-15/h3-5,8-9,17,21,23H,6-7,10-14H2,1-2H3,(H,20,24). The number of carbonyl (C=O) groups is 2. The molecule has 1 rings (SSSR count). The third kappa shape index (κ3) is 8.14. The molecular formula is C19H29NO5. The molecule has 1 aromatic carbocycles. The van der Waals surface area contributed by atoms with Gasteiger partial charge in [0, 0.05) is 18.4 Å². The van der Waals surface area contributed by atoms with E-state index in [4.69, 9.17) is 9.84 Å². The molecule has 0 radical (unpaired) electrons. The van der Waals surface area contributed by atoms with Crippen LogP contribution in [0.1, 0.15) is 38.7 Å². The van der Waals surface area contributed by atoms with Gasteiger partial charge in [-0.1, -0.05) is 44.2 Å². The van der Waals surface area contributed by atoms with E-state index in [-0.39, 0.29) is 19.2 Å². The van der Waals surface area contributed by atoms with Crippen LogP contribution >= 0.6 is 0 Å². The van der Waals surface area contributed by atoms with Crippen LogP contribution in [0, 0.1) is 5.41 Å². The van der Waals surface area contributed by atoms with E-state index in [0.29, 0.717) is 19.4 Å². The van der Waals surface area contributed by atoms with E-state index in [1.165, 1.54) is 5.56 Å². The fourth-order valence-corrected chi connectivity index (χ4v) is 2.16. The number of aliphatic hydroxyl groups is 2. The van der Waals surface area contributed by atoms with Crippen LogP contribution in [0.25, 0.3) is 0 Å². The summed E-state index contributed by atoms with van der Waals surface area (Å²) in [5.41, 5.74) is 0.303. The average Bonchev–Trinajstić information content (AvgIpc) is 2.61. The minimum Gasteiger partial charge on any atom is -0.466 e. The first-order chi connectivity index (χ1) is 11.9. The predicted octanol–water partition coefficient (Wildman–Crippen LogP) is 1.44. The van der Waals surface area contributed by atoms with Gasteiger partial charge in [0.1, 0.15) is 6.10 Å². The van der Waals surface area contributed by atoms with Crippen LogP contribution in [0.4, 0.5) is 0 Å². The molecule has 6 nitrogen and oxygen atoms in total. The number of nitrogens with one attached hydrogen (secondary N) is 1. The van der Waals surface area contributed by atoms with Crippen LogP contribution in [-0.2, 0) is 20.7 Å². The van der Waals surface area contributed by atoms with Crippen molar-refractivity contribution in [3.05, 3.63) is 35.9 Å². The van der Waals surface area contributed by atoms with Crippen molar-refractivity contribution < 1.29 is 24.5 Å². The van der Waals surface area contributed by atoms with E-state index in [9.17, 15) is 14.7 Å². The molecule has 0 bridgehead atoms. The number of amides is 1. The summed E-state index contributed by atoms with van der Waals surface area (Å²) in [7, 11) is 0. The van der Waals surface area contributed by atoms with E-state index in [2.05, 4.69) is 5.32 Å². The van der Waals surface area contributed by atoms with E-state index in [0.717, 1.165) is 12.8 Å². The SMILES string of the molecule is CC(C)(CO)C(O)C(=O)NCCCOC(=O)CCCc1ccccc1. The molecule has 25 heavy (non-hydrogen) atoms. The average molecular weight is 351 g/mol. The van der Waals surface area contributed by atoms with Crippen LogP contribution in [0.3, 0.4) is 0 Å². The summed E-state index contributed by atoms with van der Waals surface area (Å²) >= 11 is 0. The first-order valence-corrected chi connectivity index (χ1v) is 8.63. The van der Waals surface area contributed by atoms with Crippen molar-refractivity contribution in [2.24, 2.45) is 5.41 Å². The van der Waals surface area contributed by atoms with E-state index < -0.39 is 17.4 Å².